The molecule has 0 unspecified atom stereocenters. The van der Waals surface area contributed by atoms with Crippen LogP contribution in [0.25, 0.3) is 11.2 Å². The molecule has 19 heavy (non-hydrogen) atoms. The first-order valence-corrected chi connectivity index (χ1v) is 7.13. The Morgan fingerprint density at radius 2 is 2.16 bits per heavy atom. The summed E-state index contributed by atoms with van der Waals surface area (Å²) < 4.78 is 0. The van der Waals surface area contributed by atoms with Crippen molar-refractivity contribution >= 4 is 22.9 Å². The SMILES string of the molecule is C=C(CNC(C)(C)C)CSc1ncnc2nc[nH]c12. The molecule has 0 aliphatic carbocycles. The Morgan fingerprint density at radius 1 is 1.37 bits per heavy atom. The number of hydrogen-bond acceptors (Lipinski definition) is 5. The van der Waals surface area contributed by atoms with E-state index >= 15 is 0 Å². The Bertz CT molecular complexity index is 570. The quantitative estimate of drug-likeness (QED) is 0.499. The summed E-state index contributed by atoms with van der Waals surface area (Å²) in [6, 6.07) is 0. The second kappa shape index (κ2) is 5.71. The Balaban J connectivity index is 1.92. The summed E-state index contributed by atoms with van der Waals surface area (Å²) in [5.41, 5.74) is 2.85. The lowest BCUT2D eigenvalue weighted by molar-refractivity contribution is 0.445. The van der Waals surface area contributed by atoms with Crippen molar-refractivity contribution in [2.45, 2.75) is 31.3 Å². The van der Waals surface area contributed by atoms with E-state index in [1.54, 1.807) is 24.4 Å². The number of hydrogen-bond donors (Lipinski definition) is 2. The van der Waals surface area contributed by atoms with Gasteiger partial charge in [-0.3, -0.25) is 0 Å². The van der Waals surface area contributed by atoms with Crippen molar-refractivity contribution in [3.05, 3.63) is 24.8 Å². The van der Waals surface area contributed by atoms with Crippen molar-refractivity contribution in [2.75, 3.05) is 12.3 Å². The molecule has 0 radical (unpaired) electrons. The first kappa shape index (κ1) is 14.0. The Kier molecular flexibility index (Phi) is 4.21. The van der Waals surface area contributed by atoms with Crippen molar-refractivity contribution < 1.29 is 0 Å². The molecule has 0 aliphatic rings. The van der Waals surface area contributed by atoms with Crippen molar-refractivity contribution in [1.82, 2.24) is 25.3 Å². The molecule has 2 aromatic rings. The van der Waals surface area contributed by atoms with E-state index in [4.69, 9.17) is 0 Å². The summed E-state index contributed by atoms with van der Waals surface area (Å²) in [6.07, 6.45) is 3.18. The van der Waals surface area contributed by atoms with Crippen LogP contribution in [0.2, 0.25) is 0 Å². The second-order valence-corrected chi connectivity index (χ2v) is 6.39. The van der Waals surface area contributed by atoms with Crippen LogP contribution in [0.3, 0.4) is 0 Å². The molecule has 5 nitrogen and oxygen atoms in total. The Labute approximate surface area is 117 Å². The standard InChI is InChI=1S/C13H19N5S/c1-9(5-18-13(2,3)4)6-19-12-10-11(15-7-14-10)16-8-17-12/h7-8,18H,1,5-6H2,2-4H3,(H,14,15,16,17). The molecular weight excluding hydrogens is 258 g/mol. The lowest BCUT2D eigenvalue weighted by atomic mass is 10.1. The number of H-pyrrole nitrogens is 1. The van der Waals surface area contributed by atoms with E-state index in [1.165, 1.54) is 0 Å². The van der Waals surface area contributed by atoms with Crippen LogP contribution in [-0.2, 0) is 0 Å². The number of fused-ring (bicyclic) bond motifs is 1. The lowest BCUT2D eigenvalue weighted by Gasteiger charge is -2.21. The zero-order valence-corrected chi connectivity index (χ0v) is 12.3. The summed E-state index contributed by atoms with van der Waals surface area (Å²) in [7, 11) is 0. The van der Waals surface area contributed by atoms with Gasteiger partial charge in [-0.1, -0.05) is 23.9 Å². The van der Waals surface area contributed by atoms with Gasteiger partial charge >= 0.3 is 0 Å². The average molecular weight is 277 g/mol. The highest BCUT2D eigenvalue weighted by Crippen LogP contribution is 2.23. The van der Waals surface area contributed by atoms with Crippen LogP contribution in [0.5, 0.6) is 0 Å². The van der Waals surface area contributed by atoms with Gasteiger partial charge in [0.1, 0.15) is 16.9 Å². The molecule has 0 saturated heterocycles. The molecule has 2 heterocycles. The van der Waals surface area contributed by atoms with Gasteiger partial charge in [-0.15, -0.1) is 0 Å². The molecule has 102 valence electrons. The molecule has 0 saturated carbocycles. The third kappa shape index (κ3) is 4.04. The number of nitrogens with one attached hydrogen (secondary N) is 2. The zero-order chi connectivity index (χ0) is 13.9. The van der Waals surface area contributed by atoms with E-state index in [2.05, 4.69) is 52.6 Å². The van der Waals surface area contributed by atoms with Gasteiger partial charge in [0.2, 0.25) is 0 Å². The molecule has 6 heteroatoms. The molecule has 0 aromatic carbocycles. The van der Waals surface area contributed by atoms with Gasteiger partial charge in [0.05, 0.1) is 6.33 Å². The Hall–Kier alpha value is -1.40. The fourth-order valence-electron chi connectivity index (χ4n) is 1.46. The predicted octanol–water partition coefficient (Wildman–Crippen LogP) is 2.39. The predicted molar refractivity (Wildman–Crippen MR) is 79.3 cm³/mol. The molecule has 2 rings (SSSR count). The summed E-state index contributed by atoms with van der Waals surface area (Å²) in [4.78, 5) is 15.6. The van der Waals surface area contributed by atoms with E-state index in [0.717, 1.165) is 28.4 Å². The van der Waals surface area contributed by atoms with Crippen molar-refractivity contribution in [3.63, 3.8) is 0 Å². The van der Waals surface area contributed by atoms with Crippen LogP contribution in [-0.4, -0.2) is 37.8 Å². The highest BCUT2D eigenvalue weighted by Gasteiger charge is 2.10. The van der Waals surface area contributed by atoms with Crippen molar-refractivity contribution in [2.24, 2.45) is 0 Å². The first-order valence-electron chi connectivity index (χ1n) is 6.14. The van der Waals surface area contributed by atoms with Crippen LogP contribution in [0, 0.1) is 0 Å². The number of thioether (sulfide) groups is 1. The zero-order valence-electron chi connectivity index (χ0n) is 11.5. The molecule has 2 aromatic heterocycles. The maximum atomic E-state index is 4.28. The van der Waals surface area contributed by atoms with Crippen LogP contribution >= 0.6 is 11.8 Å². The van der Waals surface area contributed by atoms with Crippen LogP contribution in [0.4, 0.5) is 0 Å². The normalized spacial score (nSPS) is 11.9. The van der Waals surface area contributed by atoms with Gasteiger partial charge in [-0.2, -0.15) is 0 Å². The molecule has 2 N–H and O–H groups in total. The third-order valence-electron chi connectivity index (χ3n) is 2.47. The van der Waals surface area contributed by atoms with E-state index in [9.17, 15) is 0 Å². The highest BCUT2D eigenvalue weighted by molar-refractivity contribution is 7.99. The van der Waals surface area contributed by atoms with Gasteiger partial charge in [0.15, 0.2) is 5.65 Å². The van der Waals surface area contributed by atoms with Crippen LogP contribution in [0.15, 0.2) is 29.8 Å². The largest absolute Gasteiger partial charge is 0.341 e. The van der Waals surface area contributed by atoms with Gasteiger partial charge in [0.25, 0.3) is 0 Å². The Morgan fingerprint density at radius 3 is 2.89 bits per heavy atom. The maximum Gasteiger partial charge on any atom is 0.181 e. The minimum Gasteiger partial charge on any atom is -0.341 e. The molecule has 0 spiro atoms. The third-order valence-corrected chi connectivity index (χ3v) is 3.61. The van der Waals surface area contributed by atoms with E-state index in [1.807, 2.05) is 0 Å². The van der Waals surface area contributed by atoms with Crippen molar-refractivity contribution in [1.29, 1.82) is 0 Å². The maximum absolute atomic E-state index is 4.28. The minimum absolute atomic E-state index is 0.110. The first-order chi connectivity index (χ1) is 8.96. The lowest BCUT2D eigenvalue weighted by Crippen LogP contribution is -2.37. The van der Waals surface area contributed by atoms with E-state index in [-0.39, 0.29) is 5.54 Å². The molecule has 0 bridgehead atoms. The fraction of sp³-hybridized carbons (Fsp3) is 0.462. The topological polar surface area (TPSA) is 66.5 Å². The number of rotatable bonds is 5. The van der Waals surface area contributed by atoms with Gasteiger partial charge in [-0.25, -0.2) is 15.0 Å². The molecule has 0 amide bonds. The molecular formula is C13H19N5S. The highest BCUT2D eigenvalue weighted by atomic mass is 32.2. The summed E-state index contributed by atoms with van der Waals surface area (Å²) in [6.45, 7) is 11.3. The summed E-state index contributed by atoms with van der Waals surface area (Å²) in [5.74, 6) is 0.828. The van der Waals surface area contributed by atoms with Gasteiger partial charge < -0.3 is 10.3 Å². The van der Waals surface area contributed by atoms with Crippen LogP contribution < -0.4 is 5.32 Å². The number of aromatic nitrogens is 4. The molecule has 0 atom stereocenters. The van der Waals surface area contributed by atoms with Gasteiger partial charge in [-0.05, 0) is 20.8 Å². The molecule has 0 aliphatic heterocycles. The average Bonchev–Trinajstić information content (AvgIpc) is 2.81. The van der Waals surface area contributed by atoms with Gasteiger partial charge in [0, 0.05) is 17.8 Å². The summed E-state index contributed by atoms with van der Waals surface area (Å²) in [5, 5.41) is 4.34. The molecule has 0 fully saturated rings. The van der Waals surface area contributed by atoms with Crippen LogP contribution in [0.1, 0.15) is 20.8 Å². The number of nitrogens with zero attached hydrogens (tertiary/aromatic N) is 3. The summed E-state index contributed by atoms with van der Waals surface area (Å²) >= 11 is 1.65. The monoisotopic (exact) mass is 277 g/mol. The smallest absolute Gasteiger partial charge is 0.181 e. The van der Waals surface area contributed by atoms with E-state index in [0.29, 0.717) is 5.65 Å². The minimum atomic E-state index is 0.110. The van der Waals surface area contributed by atoms with E-state index < -0.39 is 0 Å². The van der Waals surface area contributed by atoms with Crippen molar-refractivity contribution in [3.8, 4) is 0 Å². The fourth-order valence-corrected chi connectivity index (χ4v) is 2.32. The number of aromatic amines is 1. The number of imidazole rings is 1. The second-order valence-electron chi connectivity index (χ2n) is 5.42.